The average Bonchev–Trinajstić information content (AvgIpc) is 3.12. The predicted octanol–water partition coefficient (Wildman–Crippen LogP) is 6.53. The van der Waals surface area contributed by atoms with Gasteiger partial charge in [0.1, 0.15) is 34.5 Å². The molecule has 0 fully saturated rings. The van der Waals surface area contributed by atoms with E-state index in [-0.39, 0.29) is 22.6 Å². The molecular weight excluding hydrogens is 684 g/mol. The van der Waals surface area contributed by atoms with Gasteiger partial charge in [-0.2, -0.15) is 0 Å². The van der Waals surface area contributed by atoms with E-state index in [0.29, 0.717) is 43.2 Å². The average molecular weight is 726 g/mol. The number of rotatable bonds is 13. The number of carbonyl (C=O) groups excluding carboxylic acids is 1. The van der Waals surface area contributed by atoms with Crippen molar-refractivity contribution >= 4 is 40.1 Å². The Morgan fingerprint density at radius 2 is 1.74 bits per heavy atom. The quantitative estimate of drug-likeness (QED) is 0.0308. The zero-order valence-electron chi connectivity index (χ0n) is 29.5. The van der Waals surface area contributed by atoms with E-state index in [0.717, 1.165) is 66.3 Å². The number of nitrogens with zero attached hydrogens (tertiary/aromatic N) is 2. The molecule has 1 aliphatic heterocycles. The van der Waals surface area contributed by atoms with Crippen molar-refractivity contribution in [3.05, 3.63) is 123 Å². The lowest BCUT2D eigenvalue weighted by atomic mass is 10.0. The molecule has 0 saturated heterocycles. The largest absolute Gasteiger partial charge is 0.491 e. The van der Waals surface area contributed by atoms with Crippen LogP contribution in [0.4, 0.5) is 42.9 Å². The van der Waals surface area contributed by atoms with Crippen molar-refractivity contribution in [1.82, 2.24) is 0 Å². The van der Waals surface area contributed by atoms with Crippen molar-refractivity contribution < 1.29 is 43.8 Å². The van der Waals surface area contributed by atoms with E-state index in [9.17, 15) is 23.7 Å². The van der Waals surface area contributed by atoms with Gasteiger partial charge < -0.3 is 30.6 Å². The Morgan fingerprint density at radius 1 is 0.981 bits per heavy atom. The van der Waals surface area contributed by atoms with Gasteiger partial charge in [0, 0.05) is 79.4 Å². The van der Waals surface area contributed by atoms with Gasteiger partial charge in [0.05, 0.1) is 35.0 Å². The third kappa shape index (κ3) is 8.54. The lowest BCUT2D eigenvalue weighted by Gasteiger charge is -2.28. The van der Waals surface area contributed by atoms with Gasteiger partial charge in [-0.15, -0.1) is 0 Å². The molecule has 5 aromatic carbocycles. The molecule has 13 heteroatoms. The summed E-state index contributed by atoms with van der Waals surface area (Å²) in [4.78, 5) is 25.6. The Morgan fingerprint density at radius 3 is 2.45 bits per heavy atom. The van der Waals surface area contributed by atoms with Crippen LogP contribution in [0.15, 0.2) is 84.9 Å². The Bertz CT molecular complexity index is 2140. The summed E-state index contributed by atoms with van der Waals surface area (Å²) in [6.45, 7) is 3.89. The Kier molecular flexibility index (Phi) is 11.2. The molecule has 0 bridgehead atoms. The number of ether oxygens (including phenoxy) is 3. The van der Waals surface area contributed by atoms with Crippen molar-refractivity contribution in [2.24, 2.45) is 0 Å². The summed E-state index contributed by atoms with van der Waals surface area (Å²) in [5, 5.41) is 13.0. The number of carbonyl (C=O) groups is 1. The van der Waals surface area contributed by atoms with E-state index in [1.165, 1.54) is 29.4 Å². The van der Waals surface area contributed by atoms with Gasteiger partial charge in [-0.1, -0.05) is 0 Å². The molecule has 0 spiro atoms. The van der Waals surface area contributed by atoms with Gasteiger partial charge in [0.25, 0.3) is 5.69 Å². The number of quaternary nitrogens is 2. The molecule has 0 atom stereocenters. The fourth-order valence-corrected chi connectivity index (χ4v) is 6.39. The maximum Gasteiger partial charge on any atom is 0.343 e. The summed E-state index contributed by atoms with van der Waals surface area (Å²) in [7, 11) is 2.10. The molecule has 0 aromatic heterocycles. The number of esters is 1. The third-order valence-corrected chi connectivity index (χ3v) is 9.10. The first-order valence-corrected chi connectivity index (χ1v) is 17.3. The number of hydrogen-bond acceptors (Lipinski definition) is 8. The number of halogens is 2. The number of nitrogens with two attached hydrogens (primary N) is 2. The van der Waals surface area contributed by atoms with Gasteiger partial charge in [-0.25, -0.2) is 13.6 Å². The van der Waals surface area contributed by atoms with E-state index >= 15 is 0 Å². The van der Waals surface area contributed by atoms with Crippen molar-refractivity contribution in [3.8, 4) is 28.4 Å². The van der Waals surface area contributed by atoms with Crippen molar-refractivity contribution in [1.29, 1.82) is 0 Å². The number of non-ortho nitro benzene ring substituents is 1. The standard InChI is InChI=1S/C40H39F2N5O6/c1-3-51-38-23-36-26(6-4-16-46(36)2)19-35(38)45-28-11-15-34(44)37(20-28)52-17-5-7-25-18-27(10-14-33(25)43)40(48)53-30-21-31(41)39(32(42)22-30)24-8-12-29(13-9-24)47(49)50/h8-15,18-23,45H,3-7,16-17,43-44H2,1-2H3/p+2. The highest BCUT2D eigenvalue weighted by Crippen LogP contribution is 2.36. The summed E-state index contributed by atoms with van der Waals surface area (Å²) in [6, 6.07) is 21.4. The molecule has 53 heavy (non-hydrogen) atoms. The Labute approximate surface area is 305 Å². The monoisotopic (exact) mass is 725 g/mol. The number of benzene rings is 5. The minimum Gasteiger partial charge on any atom is -0.491 e. The highest BCUT2D eigenvalue weighted by molar-refractivity contribution is 5.91. The van der Waals surface area contributed by atoms with Gasteiger partial charge >= 0.3 is 5.97 Å². The normalized spacial score (nSPS) is 12.3. The van der Waals surface area contributed by atoms with Crippen molar-refractivity contribution in [2.75, 3.05) is 37.4 Å². The minimum atomic E-state index is -0.985. The Hall–Kier alpha value is -6.05. The number of fused-ring (bicyclic) bond motifs is 1. The number of anilines is 2. The second kappa shape index (κ2) is 16.1. The lowest BCUT2D eigenvalue weighted by Crippen LogP contribution is -2.71. The molecule has 0 aliphatic carbocycles. The number of hydrogen-bond donors (Lipinski definition) is 3. The number of nitrogen functional groups attached to an aromatic ring is 1. The second-order valence-electron chi connectivity index (χ2n) is 12.8. The number of nitro groups is 1. The molecular formula is C40H41F2N5O6+2. The van der Waals surface area contributed by atoms with Crippen LogP contribution < -0.4 is 35.9 Å². The Balaban J connectivity index is 1.07. The molecule has 5 aromatic rings. The van der Waals surface area contributed by atoms with Crippen LogP contribution in [0.5, 0.6) is 17.2 Å². The SMILES string of the molecule is CCOc1cc2c(cc1[NH2+]c1ccc(N)c(OCCCc3cc(C(=O)Oc4cc(F)c(-c5ccc([N+](=O)[O-])cc5)c(F)c4)ccc3[NH3+])c1)CCCN2C. The predicted molar refractivity (Wildman–Crippen MR) is 198 cm³/mol. The smallest absolute Gasteiger partial charge is 0.343 e. The first-order valence-electron chi connectivity index (χ1n) is 17.3. The zero-order valence-corrected chi connectivity index (χ0v) is 29.5. The van der Waals surface area contributed by atoms with Crippen molar-refractivity contribution in [2.45, 2.75) is 32.6 Å². The van der Waals surface area contributed by atoms with Crippen LogP contribution >= 0.6 is 0 Å². The number of aryl methyl sites for hydroxylation is 2. The first-order chi connectivity index (χ1) is 25.5. The second-order valence-corrected chi connectivity index (χ2v) is 12.8. The van der Waals surface area contributed by atoms with Gasteiger partial charge in [-0.3, -0.25) is 15.4 Å². The molecule has 274 valence electrons. The number of nitro benzene ring substituents is 1. The molecule has 0 unspecified atom stereocenters. The highest BCUT2D eigenvalue weighted by Gasteiger charge is 2.22. The summed E-state index contributed by atoms with van der Waals surface area (Å²) in [5.41, 5.74) is 16.4. The van der Waals surface area contributed by atoms with Crippen LogP contribution in [0.3, 0.4) is 0 Å². The van der Waals surface area contributed by atoms with E-state index in [2.05, 4.69) is 35.1 Å². The molecule has 0 amide bonds. The molecule has 1 aliphatic rings. The maximum absolute atomic E-state index is 15.0. The van der Waals surface area contributed by atoms with E-state index in [1.54, 1.807) is 12.1 Å². The lowest BCUT2D eigenvalue weighted by molar-refractivity contribution is -0.479. The summed E-state index contributed by atoms with van der Waals surface area (Å²) in [6.07, 6.45) is 3.23. The van der Waals surface area contributed by atoms with Crippen LogP contribution in [0.1, 0.15) is 41.3 Å². The fourth-order valence-electron chi connectivity index (χ4n) is 6.39. The summed E-state index contributed by atoms with van der Waals surface area (Å²) in [5.74, 6) is -1.71. The topological polar surface area (TPSA) is 161 Å². The van der Waals surface area contributed by atoms with Crippen LogP contribution in [-0.4, -0.2) is 37.7 Å². The molecule has 11 nitrogen and oxygen atoms in total. The van der Waals surface area contributed by atoms with Gasteiger partial charge in [-0.05, 0) is 74.1 Å². The van der Waals surface area contributed by atoms with Crippen LogP contribution in [0, 0.1) is 21.7 Å². The van der Waals surface area contributed by atoms with Gasteiger partial charge in [0.2, 0.25) is 0 Å². The molecule has 0 saturated carbocycles. The van der Waals surface area contributed by atoms with Crippen LogP contribution in [0.25, 0.3) is 11.1 Å². The summed E-state index contributed by atoms with van der Waals surface area (Å²) < 4.78 is 47.4. The minimum absolute atomic E-state index is 0.103. The van der Waals surface area contributed by atoms with E-state index in [4.69, 9.17) is 19.9 Å². The van der Waals surface area contributed by atoms with E-state index in [1.807, 2.05) is 25.1 Å². The maximum atomic E-state index is 15.0. The first kappa shape index (κ1) is 36.7. The molecule has 1 heterocycles. The highest BCUT2D eigenvalue weighted by atomic mass is 19.1. The fraction of sp³-hybridized carbons (Fsp3) is 0.225. The van der Waals surface area contributed by atoms with Gasteiger partial charge in [0.15, 0.2) is 11.4 Å². The summed E-state index contributed by atoms with van der Waals surface area (Å²) >= 11 is 0. The third-order valence-electron chi connectivity index (χ3n) is 9.10. The van der Waals surface area contributed by atoms with Crippen LogP contribution in [-0.2, 0) is 12.8 Å². The van der Waals surface area contributed by atoms with Crippen molar-refractivity contribution in [3.63, 3.8) is 0 Å². The molecule has 6 rings (SSSR count). The molecule has 7 N–H and O–H groups in total. The van der Waals surface area contributed by atoms with Crippen LogP contribution in [0.2, 0.25) is 0 Å². The van der Waals surface area contributed by atoms with E-state index < -0.39 is 28.1 Å². The zero-order chi connectivity index (χ0) is 37.6. The molecule has 0 radical (unpaired) electrons.